The molecule has 0 saturated heterocycles. The van der Waals surface area contributed by atoms with E-state index in [-0.39, 0.29) is 0 Å². The fraction of sp³-hybridized carbons (Fsp3) is 0.857. The van der Waals surface area contributed by atoms with Gasteiger partial charge in [-0.1, -0.05) is 51.9 Å². The molecule has 0 bridgehead atoms. The highest BCUT2D eigenvalue weighted by Crippen LogP contribution is 2.30. The molecule has 0 spiro atoms. The van der Waals surface area contributed by atoms with Gasteiger partial charge < -0.3 is 0 Å². The van der Waals surface area contributed by atoms with Gasteiger partial charge in [0, 0.05) is 6.42 Å². The molecule has 0 aromatic carbocycles. The summed E-state index contributed by atoms with van der Waals surface area (Å²) in [5.74, 6) is 4.71. The monoisotopic (exact) mass is 192 g/mol. The van der Waals surface area contributed by atoms with Crippen molar-refractivity contribution in [2.45, 2.75) is 64.7 Å². The zero-order valence-corrected chi connectivity index (χ0v) is 9.60. The van der Waals surface area contributed by atoms with Crippen molar-refractivity contribution in [3.05, 3.63) is 0 Å². The van der Waals surface area contributed by atoms with E-state index in [1.54, 1.807) is 0 Å². The van der Waals surface area contributed by atoms with Crippen LogP contribution >= 0.6 is 0 Å². The molecule has 0 nitrogen and oxygen atoms in total. The lowest BCUT2D eigenvalue weighted by Gasteiger charge is -2.23. The fourth-order valence-corrected chi connectivity index (χ4v) is 2.61. The Morgan fingerprint density at radius 3 is 2.36 bits per heavy atom. The van der Waals surface area contributed by atoms with Crippen LogP contribution in [0.4, 0.5) is 0 Å². The first-order valence-electron chi connectivity index (χ1n) is 6.30. The molecule has 80 valence electrons. The molecule has 1 fully saturated rings. The van der Waals surface area contributed by atoms with Crippen molar-refractivity contribution in [1.29, 1.82) is 0 Å². The summed E-state index contributed by atoms with van der Waals surface area (Å²) in [6.45, 7) is 2.34. The van der Waals surface area contributed by atoms with Crippen LogP contribution in [-0.4, -0.2) is 0 Å². The lowest BCUT2D eigenvalue weighted by molar-refractivity contribution is 0.298. The van der Waals surface area contributed by atoms with Crippen LogP contribution in [0.15, 0.2) is 0 Å². The molecule has 0 radical (unpaired) electrons. The van der Waals surface area contributed by atoms with Crippen LogP contribution in [0.25, 0.3) is 0 Å². The van der Waals surface area contributed by atoms with Crippen molar-refractivity contribution < 1.29 is 0 Å². The zero-order chi connectivity index (χ0) is 10.2. The maximum absolute atomic E-state index is 5.32. The molecule has 0 heteroatoms. The van der Waals surface area contributed by atoms with Crippen LogP contribution in [0.3, 0.4) is 0 Å². The SMILES string of the molecule is C#CCCC1CCCCC(CC)CC1. The van der Waals surface area contributed by atoms with E-state index in [0.29, 0.717) is 0 Å². The second kappa shape index (κ2) is 6.93. The molecule has 1 rings (SSSR count). The summed E-state index contributed by atoms with van der Waals surface area (Å²) in [6.07, 6.45) is 17.6. The Morgan fingerprint density at radius 1 is 1.07 bits per heavy atom. The lowest BCUT2D eigenvalue weighted by atomic mass is 9.82. The van der Waals surface area contributed by atoms with Crippen LogP contribution in [0.1, 0.15) is 64.7 Å². The van der Waals surface area contributed by atoms with E-state index in [9.17, 15) is 0 Å². The van der Waals surface area contributed by atoms with Gasteiger partial charge in [0.2, 0.25) is 0 Å². The number of hydrogen-bond donors (Lipinski definition) is 0. The third-order valence-corrected chi connectivity index (χ3v) is 3.73. The highest BCUT2D eigenvalue weighted by atomic mass is 14.2. The van der Waals surface area contributed by atoms with Gasteiger partial charge >= 0.3 is 0 Å². The Balaban J connectivity index is 2.27. The third kappa shape index (κ3) is 4.18. The normalized spacial score (nSPS) is 28.9. The largest absolute Gasteiger partial charge is 0.120 e. The first-order chi connectivity index (χ1) is 6.86. The number of terminal acetylenes is 1. The highest BCUT2D eigenvalue weighted by molar-refractivity contribution is 4.84. The van der Waals surface area contributed by atoms with Gasteiger partial charge in [-0.2, -0.15) is 0 Å². The molecule has 0 amide bonds. The van der Waals surface area contributed by atoms with Gasteiger partial charge in [-0.15, -0.1) is 12.3 Å². The van der Waals surface area contributed by atoms with E-state index in [1.165, 1.54) is 51.4 Å². The summed E-state index contributed by atoms with van der Waals surface area (Å²) < 4.78 is 0. The molecule has 0 aromatic heterocycles. The standard InChI is InChI=1S/C14H24/c1-3-5-8-14-10-7-6-9-13(4-2)11-12-14/h1,13-14H,4-12H2,2H3. The number of rotatable bonds is 3. The van der Waals surface area contributed by atoms with E-state index < -0.39 is 0 Å². The second-order valence-corrected chi connectivity index (χ2v) is 4.74. The zero-order valence-electron chi connectivity index (χ0n) is 9.60. The van der Waals surface area contributed by atoms with Crippen LogP contribution in [0.5, 0.6) is 0 Å². The van der Waals surface area contributed by atoms with Crippen molar-refractivity contribution in [2.75, 3.05) is 0 Å². The van der Waals surface area contributed by atoms with Crippen molar-refractivity contribution >= 4 is 0 Å². The van der Waals surface area contributed by atoms with Crippen LogP contribution in [-0.2, 0) is 0 Å². The van der Waals surface area contributed by atoms with E-state index >= 15 is 0 Å². The van der Waals surface area contributed by atoms with Gasteiger partial charge in [0.1, 0.15) is 0 Å². The predicted molar refractivity (Wildman–Crippen MR) is 63.0 cm³/mol. The highest BCUT2D eigenvalue weighted by Gasteiger charge is 2.15. The summed E-state index contributed by atoms with van der Waals surface area (Å²) in [7, 11) is 0. The molecule has 0 heterocycles. The average Bonchev–Trinajstić information content (AvgIpc) is 2.17. The first kappa shape index (κ1) is 11.6. The quantitative estimate of drug-likeness (QED) is 0.581. The summed E-state index contributed by atoms with van der Waals surface area (Å²) >= 11 is 0. The van der Waals surface area contributed by atoms with Gasteiger partial charge in [-0.3, -0.25) is 0 Å². The molecule has 2 atom stereocenters. The minimum atomic E-state index is 0.931. The summed E-state index contributed by atoms with van der Waals surface area (Å²) in [6, 6.07) is 0. The van der Waals surface area contributed by atoms with Gasteiger partial charge in [-0.05, 0) is 18.3 Å². The van der Waals surface area contributed by atoms with E-state index in [4.69, 9.17) is 6.42 Å². The van der Waals surface area contributed by atoms with Gasteiger partial charge in [0.15, 0.2) is 0 Å². The predicted octanol–water partition coefficient (Wildman–Crippen LogP) is 4.40. The Labute approximate surface area is 89.5 Å². The molecule has 2 unspecified atom stereocenters. The summed E-state index contributed by atoms with van der Waals surface area (Å²) in [5, 5.41) is 0. The second-order valence-electron chi connectivity index (χ2n) is 4.74. The average molecular weight is 192 g/mol. The molecule has 0 aliphatic heterocycles. The molecule has 1 saturated carbocycles. The van der Waals surface area contributed by atoms with Crippen LogP contribution < -0.4 is 0 Å². The molecule has 14 heavy (non-hydrogen) atoms. The number of hydrogen-bond acceptors (Lipinski definition) is 0. The third-order valence-electron chi connectivity index (χ3n) is 3.73. The summed E-state index contributed by atoms with van der Waals surface area (Å²) in [5.41, 5.74) is 0. The van der Waals surface area contributed by atoms with E-state index in [2.05, 4.69) is 12.8 Å². The molecular formula is C14H24. The minimum absolute atomic E-state index is 0.931. The Morgan fingerprint density at radius 2 is 1.71 bits per heavy atom. The summed E-state index contributed by atoms with van der Waals surface area (Å²) in [4.78, 5) is 0. The molecule has 1 aliphatic carbocycles. The van der Waals surface area contributed by atoms with Crippen molar-refractivity contribution in [2.24, 2.45) is 11.8 Å². The topological polar surface area (TPSA) is 0 Å². The first-order valence-corrected chi connectivity index (χ1v) is 6.30. The van der Waals surface area contributed by atoms with Gasteiger partial charge in [0.25, 0.3) is 0 Å². The Kier molecular flexibility index (Phi) is 5.76. The van der Waals surface area contributed by atoms with Crippen molar-refractivity contribution in [3.8, 4) is 12.3 Å². The lowest BCUT2D eigenvalue weighted by Crippen LogP contribution is -2.09. The minimum Gasteiger partial charge on any atom is -0.120 e. The fourth-order valence-electron chi connectivity index (χ4n) is 2.61. The van der Waals surface area contributed by atoms with Gasteiger partial charge in [-0.25, -0.2) is 0 Å². The maximum Gasteiger partial charge on any atom is 0.00886 e. The molecule has 1 aliphatic rings. The Hall–Kier alpha value is -0.440. The van der Waals surface area contributed by atoms with Crippen LogP contribution in [0, 0.1) is 24.2 Å². The van der Waals surface area contributed by atoms with Crippen molar-refractivity contribution in [3.63, 3.8) is 0 Å². The molecule has 0 N–H and O–H groups in total. The smallest absolute Gasteiger partial charge is 0.00886 e. The van der Waals surface area contributed by atoms with E-state index in [1.807, 2.05) is 0 Å². The van der Waals surface area contributed by atoms with Gasteiger partial charge in [0.05, 0.1) is 0 Å². The molecule has 0 aromatic rings. The molecular weight excluding hydrogens is 168 g/mol. The maximum atomic E-state index is 5.32. The van der Waals surface area contributed by atoms with Crippen LogP contribution in [0.2, 0.25) is 0 Å². The Bertz CT molecular complexity index is 175. The van der Waals surface area contributed by atoms with E-state index in [0.717, 1.165) is 18.3 Å². The van der Waals surface area contributed by atoms with Crippen molar-refractivity contribution in [1.82, 2.24) is 0 Å².